The minimum absolute atomic E-state index is 0.244. The Hall–Kier alpha value is -7.01. The maximum Gasteiger partial charge on any atom is 0.159 e. The molecule has 56 heavy (non-hydrogen) atoms. The van der Waals surface area contributed by atoms with Gasteiger partial charge in [-0.2, -0.15) is 0 Å². The van der Waals surface area contributed by atoms with Crippen LogP contribution in [-0.4, -0.2) is 0 Å². The molecule has 0 unspecified atom stereocenters. The Morgan fingerprint density at radius 2 is 1.04 bits per heavy atom. The largest absolute Gasteiger partial charge is 0.454 e. The van der Waals surface area contributed by atoms with Crippen molar-refractivity contribution in [1.29, 1.82) is 0 Å². The van der Waals surface area contributed by atoms with E-state index in [4.69, 9.17) is 4.42 Å². The zero-order chi connectivity index (χ0) is 37.2. The molecular formula is C52H32FNOS. The van der Waals surface area contributed by atoms with Gasteiger partial charge in [-0.3, -0.25) is 0 Å². The van der Waals surface area contributed by atoms with Crippen molar-refractivity contribution in [3.63, 3.8) is 0 Å². The highest BCUT2D eigenvalue weighted by atomic mass is 32.1. The fourth-order valence-electron chi connectivity index (χ4n) is 8.40. The Kier molecular flexibility index (Phi) is 7.58. The van der Waals surface area contributed by atoms with Gasteiger partial charge in [0.25, 0.3) is 0 Å². The van der Waals surface area contributed by atoms with E-state index in [0.29, 0.717) is 0 Å². The number of fused-ring (bicyclic) bond motifs is 7. The molecule has 2 aromatic heterocycles. The van der Waals surface area contributed by atoms with Crippen LogP contribution in [0.4, 0.5) is 21.5 Å². The van der Waals surface area contributed by atoms with E-state index in [9.17, 15) is 4.39 Å². The molecule has 0 atom stereocenters. The minimum atomic E-state index is -0.244. The zero-order valence-electron chi connectivity index (χ0n) is 30.1. The van der Waals surface area contributed by atoms with E-state index in [-0.39, 0.29) is 5.82 Å². The number of halogens is 1. The Balaban J connectivity index is 1.10. The average molecular weight is 738 g/mol. The Labute approximate surface area is 326 Å². The van der Waals surface area contributed by atoms with Crippen LogP contribution in [0.2, 0.25) is 0 Å². The van der Waals surface area contributed by atoms with Crippen LogP contribution < -0.4 is 4.90 Å². The molecule has 0 amide bonds. The smallest absolute Gasteiger partial charge is 0.159 e. The molecule has 264 valence electrons. The molecule has 0 spiro atoms. The van der Waals surface area contributed by atoms with Gasteiger partial charge in [-0.1, -0.05) is 133 Å². The lowest BCUT2D eigenvalue weighted by Crippen LogP contribution is -2.10. The highest BCUT2D eigenvalue weighted by Crippen LogP contribution is 2.45. The topological polar surface area (TPSA) is 16.4 Å². The van der Waals surface area contributed by atoms with E-state index >= 15 is 0 Å². The third kappa shape index (κ3) is 5.30. The molecule has 0 aliphatic carbocycles. The summed E-state index contributed by atoms with van der Waals surface area (Å²) in [4.78, 5) is 2.31. The molecule has 4 heteroatoms. The number of thiophene rings is 1. The van der Waals surface area contributed by atoms with Crippen molar-refractivity contribution in [3.05, 3.63) is 200 Å². The summed E-state index contributed by atoms with van der Waals surface area (Å²) in [6, 6.07) is 67.2. The number of rotatable bonds is 6. The van der Waals surface area contributed by atoms with E-state index in [1.165, 1.54) is 43.4 Å². The van der Waals surface area contributed by atoms with Gasteiger partial charge in [0, 0.05) is 42.3 Å². The molecule has 0 fully saturated rings. The van der Waals surface area contributed by atoms with E-state index in [1.807, 2.05) is 35.6 Å². The van der Waals surface area contributed by atoms with E-state index in [0.717, 1.165) is 72.0 Å². The van der Waals surface area contributed by atoms with Gasteiger partial charge in [-0.15, -0.1) is 11.3 Å². The average Bonchev–Trinajstić information content (AvgIpc) is 3.83. The van der Waals surface area contributed by atoms with Crippen LogP contribution in [-0.2, 0) is 0 Å². The third-order valence-corrected chi connectivity index (χ3v) is 12.1. The first kappa shape index (κ1) is 32.4. The second-order valence-corrected chi connectivity index (χ2v) is 15.3. The summed E-state index contributed by atoms with van der Waals surface area (Å²) in [6.45, 7) is 0. The minimum Gasteiger partial charge on any atom is -0.454 e. The number of para-hydroxylation sites is 2. The fraction of sp³-hybridized carbons (Fsp3) is 0. The molecule has 2 heterocycles. The van der Waals surface area contributed by atoms with Gasteiger partial charge in [0.2, 0.25) is 0 Å². The summed E-state index contributed by atoms with van der Waals surface area (Å²) < 4.78 is 23.3. The molecule has 2 nitrogen and oxygen atoms in total. The molecule has 0 bridgehead atoms. The first-order chi connectivity index (χ1) is 27.7. The summed E-state index contributed by atoms with van der Waals surface area (Å²) in [5, 5.41) is 7.01. The van der Waals surface area contributed by atoms with Crippen LogP contribution >= 0.6 is 11.3 Å². The summed E-state index contributed by atoms with van der Waals surface area (Å²) in [7, 11) is 0. The van der Waals surface area contributed by atoms with E-state index in [2.05, 4.69) is 163 Å². The van der Waals surface area contributed by atoms with Crippen molar-refractivity contribution >= 4 is 81.3 Å². The normalized spacial score (nSPS) is 11.7. The molecule has 0 aliphatic rings. The Bertz CT molecular complexity index is 3260. The van der Waals surface area contributed by atoms with E-state index < -0.39 is 0 Å². The first-order valence-electron chi connectivity index (χ1n) is 18.8. The molecule has 0 aliphatic heterocycles. The van der Waals surface area contributed by atoms with Crippen LogP contribution in [0.15, 0.2) is 199 Å². The highest BCUT2D eigenvalue weighted by molar-refractivity contribution is 7.25. The number of anilines is 3. The predicted molar refractivity (Wildman–Crippen MR) is 235 cm³/mol. The maximum absolute atomic E-state index is 14.0. The van der Waals surface area contributed by atoms with Gasteiger partial charge in [-0.05, 0) is 105 Å². The van der Waals surface area contributed by atoms with Gasteiger partial charge < -0.3 is 9.32 Å². The van der Waals surface area contributed by atoms with Crippen molar-refractivity contribution in [3.8, 4) is 33.4 Å². The lowest BCUT2D eigenvalue weighted by molar-refractivity contribution is 0.628. The van der Waals surface area contributed by atoms with Crippen molar-refractivity contribution in [2.75, 3.05) is 4.90 Å². The first-order valence-corrected chi connectivity index (χ1v) is 19.6. The number of furan rings is 1. The molecule has 0 N–H and O–H groups in total. The van der Waals surface area contributed by atoms with E-state index in [1.54, 1.807) is 0 Å². The van der Waals surface area contributed by atoms with Crippen LogP contribution in [0.1, 0.15) is 0 Å². The van der Waals surface area contributed by atoms with Crippen molar-refractivity contribution in [2.45, 2.75) is 0 Å². The number of hydrogen-bond donors (Lipinski definition) is 0. The number of nitrogens with zero attached hydrogens (tertiary/aromatic N) is 1. The second kappa shape index (κ2) is 13.1. The van der Waals surface area contributed by atoms with Crippen LogP contribution in [0, 0.1) is 5.82 Å². The van der Waals surface area contributed by atoms with Crippen molar-refractivity contribution in [2.24, 2.45) is 0 Å². The third-order valence-electron chi connectivity index (χ3n) is 10.9. The zero-order valence-corrected chi connectivity index (χ0v) is 30.9. The van der Waals surface area contributed by atoms with Crippen LogP contribution in [0.25, 0.3) is 86.3 Å². The quantitative estimate of drug-likeness (QED) is 0.169. The van der Waals surface area contributed by atoms with Crippen LogP contribution in [0.3, 0.4) is 0 Å². The Morgan fingerprint density at radius 1 is 0.429 bits per heavy atom. The molecule has 11 rings (SSSR count). The highest BCUT2D eigenvalue weighted by Gasteiger charge is 2.21. The lowest BCUT2D eigenvalue weighted by Gasteiger charge is -2.26. The molecule has 0 saturated carbocycles. The molecule has 9 aromatic carbocycles. The van der Waals surface area contributed by atoms with Crippen molar-refractivity contribution < 1.29 is 8.81 Å². The summed E-state index contributed by atoms with van der Waals surface area (Å²) in [6.07, 6.45) is 0. The number of benzene rings is 9. The van der Waals surface area contributed by atoms with Crippen molar-refractivity contribution in [1.82, 2.24) is 0 Å². The van der Waals surface area contributed by atoms with Gasteiger partial charge in [0.05, 0.1) is 5.69 Å². The van der Waals surface area contributed by atoms with Gasteiger partial charge in [0.1, 0.15) is 11.4 Å². The number of hydrogen-bond acceptors (Lipinski definition) is 3. The molecule has 0 radical (unpaired) electrons. The summed E-state index contributed by atoms with van der Waals surface area (Å²) >= 11 is 1.84. The second-order valence-electron chi connectivity index (χ2n) is 14.2. The van der Waals surface area contributed by atoms with Crippen LogP contribution in [0.5, 0.6) is 0 Å². The lowest BCUT2D eigenvalue weighted by atomic mass is 9.91. The van der Waals surface area contributed by atoms with Gasteiger partial charge in [-0.25, -0.2) is 4.39 Å². The predicted octanol–water partition coefficient (Wildman–Crippen LogP) is 15.7. The molecular weight excluding hydrogens is 706 g/mol. The SMILES string of the molecule is Fc1ccc(-c2cccc3cccc(-c4cccc(N(c5ccc(-c6cccc7sc8ccccc8c67)cc5)c5cccc6c5oc5ccccc56)c4)c23)cc1. The van der Waals surface area contributed by atoms with Gasteiger partial charge >= 0.3 is 0 Å². The monoisotopic (exact) mass is 737 g/mol. The molecule has 11 aromatic rings. The molecule has 0 saturated heterocycles. The maximum atomic E-state index is 14.0. The fourth-order valence-corrected chi connectivity index (χ4v) is 9.54. The van der Waals surface area contributed by atoms with Gasteiger partial charge in [0.15, 0.2) is 5.58 Å². The summed E-state index contributed by atoms with van der Waals surface area (Å²) in [5.74, 6) is -0.244. The summed E-state index contributed by atoms with van der Waals surface area (Å²) in [5.41, 5.74) is 11.3. The standard InChI is InChI=1S/C52H32FNOS/c53-37-28-24-33(25-29-37)40-16-6-10-35-11-7-17-42(50(35)40)36-12-5-13-39(32-36)54(46-20-8-19-44-43-14-1-3-21-47(43)55-52(44)46)38-30-26-34(27-31-38)41-18-9-23-49-51(41)45-15-2-4-22-48(45)56-49/h1-32H. The Morgan fingerprint density at radius 3 is 1.84 bits per heavy atom.